The molecule has 1 rings (SSSR count). The van der Waals surface area contributed by atoms with E-state index in [0.717, 1.165) is 0 Å². The lowest BCUT2D eigenvalue weighted by atomic mass is 9.79. The van der Waals surface area contributed by atoms with Crippen LogP contribution in [0.5, 0.6) is 0 Å². The van der Waals surface area contributed by atoms with Crippen molar-refractivity contribution in [3.8, 4) is 0 Å². The summed E-state index contributed by atoms with van der Waals surface area (Å²) in [6.07, 6.45) is 1.22. The molecule has 0 saturated heterocycles. The van der Waals surface area contributed by atoms with Crippen LogP contribution in [0.15, 0.2) is 23.2 Å². The molecule has 2 N–H and O–H groups in total. The summed E-state index contributed by atoms with van der Waals surface area (Å²) in [6, 6.07) is 0. The first-order valence-electron chi connectivity index (χ1n) is 4.86. The van der Waals surface area contributed by atoms with Gasteiger partial charge in [0, 0.05) is 6.42 Å². The van der Waals surface area contributed by atoms with Crippen LogP contribution in [-0.4, -0.2) is 36.4 Å². The molecule has 17 heavy (non-hydrogen) atoms. The van der Waals surface area contributed by atoms with Crippen LogP contribution in [-0.2, 0) is 19.1 Å². The Bertz CT molecular complexity index is 420. The third-order valence-electron chi connectivity index (χ3n) is 2.66. The summed E-state index contributed by atoms with van der Waals surface area (Å²) in [5, 5.41) is 18.2. The van der Waals surface area contributed by atoms with Crippen molar-refractivity contribution >= 4 is 11.9 Å². The van der Waals surface area contributed by atoms with E-state index in [9.17, 15) is 9.59 Å². The standard InChI is InChI=1S/C11H14O6/c1-11(10(14)15)4-6(9(12)13)8(17-3)7(5-11)16-2/h5H,4H2,1-3H3,(H,12,13)(H,14,15). The van der Waals surface area contributed by atoms with Gasteiger partial charge in [0.1, 0.15) is 0 Å². The highest BCUT2D eigenvalue weighted by Crippen LogP contribution is 2.38. The van der Waals surface area contributed by atoms with Crippen molar-refractivity contribution in [1.29, 1.82) is 0 Å². The average Bonchev–Trinajstić information content (AvgIpc) is 2.27. The topological polar surface area (TPSA) is 93.1 Å². The van der Waals surface area contributed by atoms with Crippen LogP contribution in [0.3, 0.4) is 0 Å². The highest BCUT2D eigenvalue weighted by Gasteiger charge is 2.40. The van der Waals surface area contributed by atoms with Gasteiger partial charge in [0.25, 0.3) is 0 Å². The molecule has 1 aliphatic carbocycles. The lowest BCUT2D eigenvalue weighted by molar-refractivity contribution is -0.145. The van der Waals surface area contributed by atoms with E-state index in [2.05, 4.69) is 0 Å². The fraction of sp³-hybridized carbons (Fsp3) is 0.455. The molecule has 0 bridgehead atoms. The van der Waals surface area contributed by atoms with Crippen molar-refractivity contribution in [3.63, 3.8) is 0 Å². The van der Waals surface area contributed by atoms with Crippen molar-refractivity contribution in [1.82, 2.24) is 0 Å². The second-order valence-corrected chi connectivity index (χ2v) is 3.93. The van der Waals surface area contributed by atoms with Crippen molar-refractivity contribution in [2.24, 2.45) is 5.41 Å². The van der Waals surface area contributed by atoms with Crippen LogP contribution in [0.1, 0.15) is 13.3 Å². The number of carboxylic acid groups (broad SMARTS) is 2. The molecular weight excluding hydrogens is 228 g/mol. The Balaban J connectivity index is 3.34. The minimum Gasteiger partial charge on any atom is -0.493 e. The zero-order chi connectivity index (χ0) is 13.2. The Morgan fingerprint density at radius 2 is 1.88 bits per heavy atom. The molecule has 1 atom stereocenters. The van der Waals surface area contributed by atoms with E-state index in [1.165, 1.54) is 27.2 Å². The first kappa shape index (κ1) is 13.1. The highest BCUT2D eigenvalue weighted by molar-refractivity contribution is 5.91. The van der Waals surface area contributed by atoms with Crippen LogP contribution in [0.4, 0.5) is 0 Å². The molecule has 0 spiro atoms. The minimum absolute atomic E-state index is 0.0683. The van der Waals surface area contributed by atoms with Gasteiger partial charge in [0.15, 0.2) is 11.5 Å². The van der Waals surface area contributed by atoms with Crippen LogP contribution in [0.25, 0.3) is 0 Å². The Labute approximate surface area is 98.1 Å². The van der Waals surface area contributed by atoms with Gasteiger partial charge < -0.3 is 19.7 Å². The number of carbonyl (C=O) groups is 2. The van der Waals surface area contributed by atoms with Crippen LogP contribution < -0.4 is 0 Å². The zero-order valence-corrected chi connectivity index (χ0v) is 9.81. The maximum Gasteiger partial charge on any atom is 0.335 e. The Hall–Kier alpha value is -1.98. The Morgan fingerprint density at radius 1 is 1.29 bits per heavy atom. The smallest absolute Gasteiger partial charge is 0.335 e. The van der Waals surface area contributed by atoms with Gasteiger partial charge in [-0.1, -0.05) is 0 Å². The number of ether oxygens (including phenoxy) is 2. The van der Waals surface area contributed by atoms with E-state index < -0.39 is 17.4 Å². The van der Waals surface area contributed by atoms with E-state index in [1.54, 1.807) is 0 Å². The lowest BCUT2D eigenvalue weighted by Gasteiger charge is -2.28. The predicted molar refractivity (Wildman–Crippen MR) is 57.1 cm³/mol. The molecule has 0 amide bonds. The van der Waals surface area contributed by atoms with Gasteiger partial charge >= 0.3 is 11.9 Å². The van der Waals surface area contributed by atoms with Crippen molar-refractivity contribution in [2.45, 2.75) is 13.3 Å². The van der Waals surface area contributed by atoms with Crippen molar-refractivity contribution < 1.29 is 29.3 Å². The normalized spacial score (nSPS) is 24.1. The van der Waals surface area contributed by atoms with E-state index in [0.29, 0.717) is 0 Å². The largest absolute Gasteiger partial charge is 0.493 e. The Morgan fingerprint density at radius 3 is 2.24 bits per heavy atom. The van der Waals surface area contributed by atoms with Crippen LogP contribution in [0, 0.1) is 5.41 Å². The molecular formula is C11H14O6. The molecule has 0 aliphatic heterocycles. The molecule has 94 valence electrons. The fourth-order valence-corrected chi connectivity index (χ4v) is 1.69. The van der Waals surface area contributed by atoms with E-state index in [-0.39, 0.29) is 23.5 Å². The number of aliphatic carboxylic acids is 2. The molecule has 1 unspecified atom stereocenters. The highest BCUT2D eigenvalue weighted by atomic mass is 16.5. The van der Waals surface area contributed by atoms with Crippen LogP contribution in [0.2, 0.25) is 0 Å². The molecule has 0 aromatic heterocycles. The lowest BCUT2D eigenvalue weighted by Crippen LogP contribution is -2.31. The second-order valence-electron chi connectivity index (χ2n) is 3.93. The molecule has 6 nitrogen and oxygen atoms in total. The monoisotopic (exact) mass is 242 g/mol. The molecule has 0 heterocycles. The molecule has 0 saturated carbocycles. The summed E-state index contributed by atoms with van der Waals surface area (Å²) >= 11 is 0. The summed E-state index contributed by atoms with van der Waals surface area (Å²) in [7, 11) is 2.65. The summed E-state index contributed by atoms with van der Waals surface area (Å²) in [5.41, 5.74) is -1.40. The maximum atomic E-state index is 11.1. The Kier molecular flexibility index (Phi) is 3.45. The number of carboxylic acids is 2. The van der Waals surface area contributed by atoms with E-state index in [4.69, 9.17) is 19.7 Å². The molecule has 1 aliphatic rings. The quantitative estimate of drug-likeness (QED) is 0.763. The van der Waals surface area contributed by atoms with Crippen molar-refractivity contribution in [2.75, 3.05) is 14.2 Å². The third-order valence-corrected chi connectivity index (χ3v) is 2.66. The number of hydrogen-bond acceptors (Lipinski definition) is 4. The first-order chi connectivity index (χ1) is 7.85. The predicted octanol–water partition coefficient (Wildman–Crippen LogP) is 0.996. The summed E-state index contributed by atoms with van der Waals surface area (Å²) in [5.74, 6) is -2.13. The first-order valence-corrected chi connectivity index (χ1v) is 4.86. The molecule has 0 aromatic carbocycles. The summed E-state index contributed by atoms with van der Waals surface area (Å²) in [6.45, 7) is 1.43. The number of rotatable bonds is 4. The molecule has 0 radical (unpaired) electrons. The molecule has 0 aromatic rings. The fourth-order valence-electron chi connectivity index (χ4n) is 1.69. The van der Waals surface area contributed by atoms with E-state index in [1.807, 2.05) is 0 Å². The van der Waals surface area contributed by atoms with Crippen molar-refractivity contribution in [3.05, 3.63) is 23.2 Å². The van der Waals surface area contributed by atoms with Gasteiger partial charge in [-0.2, -0.15) is 0 Å². The van der Waals surface area contributed by atoms with Gasteiger partial charge in [-0.15, -0.1) is 0 Å². The zero-order valence-electron chi connectivity index (χ0n) is 9.81. The van der Waals surface area contributed by atoms with Gasteiger partial charge in [-0.3, -0.25) is 4.79 Å². The molecule has 6 heteroatoms. The minimum atomic E-state index is -1.30. The maximum absolute atomic E-state index is 11.1. The van der Waals surface area contributed by atoms with Gasteiger partial charge in [0.2, 0.25) is 0 Å². The number of hydrogen-bond donors (Lipinski definition) is 2. The summed E-state index contributed by atoms with van der Waals surface area (Å²) < 4.78 is 9.93. The van der Waals surface area contributed by atoms with Gasteiger partial charge in [-0.25, -0.2) is 4.79 Å². The second kappa shape index (κ2) is 4.48. The van der Waals surface area contributed by atoms with E-state index >= 15 is 0 Å². The third kappa shape index (κ3) is 2.25. The van der Waals surface area contributed by atoms with Gasteiger partial charge in [0.05, 0.1) is 25.2 Å². The molecule has 0 fully saturated rings. The van der Waals surface area contributed by atoms with Gasteiger partial charge in [-0.05, 0) is 13.0 Å². The van der Waals surface area contributed by atoms with Crippen LogP contribution >= 0.6 is 0 Å². The number of methoxy groups -OCH3 is 2. The SMILES string of the molecule is COC1=CC(C)(C(=O)O)CC(C(=O)O)=C1OC. The average molecular weight is 242 g/mol. The summed E-state index contributed by atoms with van der Waals surface area (Å²) in [4.78, 5) is 22.2.